The van der Waals surface area contributed by atoms with Crippen molar-refractivity contribution >= 4 is 0 Å². The average Bonchev–Trinajstić information content (AvgIpc) is 1.84. The molecule has 0 radical (unpaired) electrons. The van der Waals surface area contributed by atoms with E-state index in [1.54, 1.807) is 6.92 Å². The predicted molar refractivity (Wildman–Crippen MR) is 32.9 cm³/mol. The number of hydrogen-bond donors (Lipinski definition) is 1. The van der Waals surface area contributed by atoms with Crippen LogP contribution in [-0.4, -0.2) is 0 Å². The lowest BCUT2D eigenvalue weighted by atomic mass is 10.3. The van der Waals surface area contributed by atoms with Crippen LogP contribution in [0.25, 0.3) is 0 Å². The highest BCUT2D eigenvalue weighted by Gasteiger charge is 1.94. The molecule has 0 heterocycles. The Labute approximate surface area is 49.4 Å². The quantitative estimate of drug-likeness (QED) is 0.587. The van der Waals surface area contributed by atoms with Gasteiger partial charge in [-0.3, -0.25) is 0 Å². The molecular weight excluding hydrogens is 105 g/mol. The van der Waals surface area contributed by atoms with Crippen molar-refractivity contribution in [3.63, 3.8) is 0 Å². The topological polar surface area (TPSA) is 26.0 Å². The Hall–Kier alpha value is -0.530. The summed E-state index contributed by atoms with van der Waals surface area (Å²) >= 11 is 0. The Balaban J connectivity index is 3.83. The Morgan fingerprint density at radius 2 is 1.88 bits per heavy atom. The summed E-state index contributed by atoms with van der Waals surface area (Å²) in [6.45, 7) is 3.59. The smallest absolute Gasteiger partial charge is 0.118 e. The van der Waals surface area contributed by atoms with Gasteiger partial charge in [0.2, 0.25) is 0 Å². The fraction of sp³-hybridized carbons (Fsp3) is 0.667. The molecule has 0 aliphatic rings. The van der Waals surface area contributed by atoms with E-state index in [1.807, 2.05) is 6.92 Å². The van der Waals surface area contributed by atoms with E-state index >= 15 is 0 Å². The molecule has 0 aromatic carbocycles. The minimum Gasteiger partial charge on any atom is -0.400 e. The van der Waals surface area contributed by atoms with E-state index in [1.165, 1.54) is 0 Å². The first kappa shape index (κ1) is 7.47. The van der Waals surface area contributed by atoms with Crippen LogP contribution in [0.1, 0.15) is 26.7 Å². The Bertz CT molecular complexity index is 84.7. The monoisotopic (exact) mass is 117 g/mol. The van der Waals surface area contributed by atoms with E-state index in [-0.39, 0.29) is 5.83 Å². The molecule has 2 N–H and O–H groups in total. The molecule has 48 valence electrons. The molecule has 0 saturated carbocycles. The molecule has 0 spiro atoms. The van der Waals surface area contributed by atoms with Gasteiger partial charge in [-0.15, -0.1) is 0 Å². The van der Waals surface area contributed by atoms with Gasteiger partial charge in [0, 0.05) is 5.70 Å². The van der Waals surface area contributed by atoms with E-state index in [0.717, 1.165) is 0 Å². The highest BCUT2D eigenvalue weighted by Crippen LogP contribution is 2.06. The fourth-order valence-electron chi connectivity index (χ4n) is 0.419. The molecular formula is C6H12FN. The molecule has 0 aliphatic carbocycles. The molecule has 0 aromatic heterocycles. The zero-order valence-electron chi connectivity index (χ0n) is 5.37. The zero-order chi connectivity index (χ0) is 6.57. The summed E-state index contributed by atoms with van der Waals surface area (Å²) in [4.78, 5) is 0. The standard InChI is InChI=1S/C6H12FN/c1-3-5(7)6(8)4-2/h3-4,8H2,1-2H3/b6-5-. The van der Waals surface area contributed by atoms with Gasteiger partial charge in [0.05, 0.1) is 0 Å². The number of rotatable bonds is 2. The average molecular weight is 117 g/mol. The maximum Gasteiger partial charge on any atom is 0.118 e. The van der Waals surface area contributed by atoms with Crippen molar-refractivity contribution in [3.8, 4) is 0 Å². The first-order valence-corrected chi connectivity index (χ1v) is 2.85. The van der Waals surface area contributed by atoms with E-state index in [4.69, 9.17) is 5.73 Å². The van der Waals surface area contributed by atoms with Gasteiger partial charge >= 0.3 is 0 Å². The second-order valence-electron chi connectivity index (χ2n) is 1.64. The molecule has 2 heteroatoms. The van der Waals surface area contributed by atoms with E-state index in [9.17, 15) is 4.39 Å². The zero-order valence-corrected chi connectivity index (χ0v) is 5.37. The molecule has 0 unspecified atom stereocenters. The highest BCUT2D eigenvalue weighted by molar-refractivity contribution is 5.01. The van der Waals surface area contributed by atoms with Gasteiger partial charge in [-0.25, -0.2) is 4.39 Å². The van der Waals surface area contributed by atoms with Crippen molar-refractivity contribution in [1.29, 1.82) is 0 Å². The van der Waals surface area contributed by atoms with Crippen molar-refractivity contribution in [3.05, 3.63) is 11.5 Å². The summed E-state index contributed by atoms with van der Waals surface area (Å²) in [6.07, 6.45) is 1.03. The lowest BCUT2D eigenvalue weighted by molar-refractivity contribution is 0.584. The van der Waals surface area contributed by atoms with Crippen molar-refractivity contribution in [2.45, 2.75) is 26.7 Å². The van der Waals surface area contributed by atoms with Crippen molar-refractivity contribution < 1.29 is 4.39 Å². The minimum absolute atomic E-state index is 0.174. The largest absolute Gasteiger partial charge is 0.400 e. The van der Waals surface area contributed by atoms with Crippen LogP contribution in [0.15, 0.2) is 11.5 Å². The van der Waals surface area contributed by atoms with Crippen LogP contribution in [0, 0.1) is 0 Å². The molecule has 0 atom stereocenters. The van der Waals surface area contributed by atoms with Crippen LogP contribution in [-0.2, 0) is 0 Å². The summed E-state index contributed by atoms with van der Waals surface area (Å²) in [6, 6.07) is 0. The van der Waals surface area contributed by atoms with Crippen LogP contribution in [0.5, 0.6) is 0 Å². The van der Waals surface area contributed by atoms with Crippen LogP contribution >= 0.6 is 0 Å². The van der Waals surface area contributed by atoms with Crippen molar-refractivity contribution in [2.75, 3.05) is 0 Å². The first-order valence-electron chi connectivity index (χ1n) is 2.85. The summed E-state index contributed by atoms with van der Waals surface area (Å²) < 4.78 is 12.3. The molecule has 1 nitrogen and oxygen atoms in total. The van der Waals surface area contributed by atoms with Crippen LogP contribution in [0.4, 0.5) is 4.39 Å². The SMILES string of the molecule is CC/C(N)=C(/F)CC. The fourth-order valence-corrected chi connectivity index (χ4v) is 0.419. The number of allylic oxidation sites excluding steroid dienone is 2. The third-order valence-electron chi connectivity index (χ3n) is 1.04. The Morgan fingerprint density at radius 3 is 2.00 bits per heavy atom. The summed E-state index contributed by atoms with van der Waals surface area (Å²) in [5.74, 6) is -0.174. The summed E-state index contributed by atoms with van der Waals surface area (Å²) in [7, 11) is 0. The maximum absolute atomic E-state index is 12.3. The molecule has 0 aliphatic heterocycles. The summed E-state index contributed by atoms with van der Waals surface area (Å²) in [5.41, 5.74) is 5.61. The molecule has 0 rings (SSSR count). The molecule has 0 saturated heterocycles. The van der Waals surface area contributed by atoms with E-state index in [0.29, 0.717) is 18.5 Å². The molecule has 0 amide bonds. The molecule has 0 bridgehead atoms. The lowest BCUT2D eigenvalue weighted by Gasteiger charge is -1.95. The summed E-state index contributed by atoms with van der Waals surface area (Å²) in [5, 5.41) is 0. The van der Waals surface area contributed by atoms with Crippen molar-refractivity contribution in [2.24, 2.45) is 5.73 Å². The Morgan fingerprint density at radius 1 is 1.38 bits per heavy atom. The first-order chi connectivity index (χ1) is 3.72. The van der Waals surface area contributed by atoms with Gasteiger partial charge < -0.3 is 5.73 Å². The van der Waals surface area contributed by atoms with Gasteiger partial charge in [0.15, 0.2) is 0 Å². The van der Waals surface area contributed by atoms with Crippen LogP contribution in [0.3, 0.4) is 0 Å². The van der Waals surface area contributed by atoms with Gasteiger partial charge in [0.25, 0.3) is 0 Å². The van der Waals surface area contributed by atoms with Gasteiger partial charge in [-0.1, -0.05) is 13.8 Å². The van der Waals surface area contributed by atoms with Crippen molar-refractivity contribution in [1.82, 2.24) is 0 Å². The minimum atomic E-state index is -0.174. The van der Waals surface area contributed by atoms with Gasteiger partial charge in [0.1, 0.15) is 5.83 Å². The van der Waals surface area contributed by atoms with E-state index < -0.39 is 0 Å². The van der Waals surface area contributed by atoms with E-state index in [2.05, 4.69) is 0 Å². The third kappa shape index (κ3) is 1.96. The maximum atomic E-state index is 12.3. The molecule has 0 fully saturated rings. The number of nitrogens with two attached hydrogens (primary N) is 1. The lowest BCUT2D eigenvalue weighted by Crippen LogP contribution is -1.97. The Kier molecular flexibility index (Phi) is 3.24. The number of halogens is 1. The number of hydrogen-bond acceptors (Lipinski definition) is 1. The molecule has 0 aromatic rings. The third-order valence-corrected chi connectivity index (χ3v) is 1.04. The predicted octanol–water partition coefficient (Wildman–Crippen LogP) is 1.95. The highest BCUT2D eigenvalue weighted by atomic mass is 19.1. The van der Waals surface area contributed by atoms with Gasteiger partial charge in [-0.05, 0) is 12.8 Å². The normalized spacial score (nSPS) is 13.4. The molecule has 8 heavy (non-hydrogen) atoms. The second-order valence-corrected chi connectivity index (χ2v) is 1.64. The van der Waals surface area contributed by atoms with Gasteiger partial charge in [-0.2, -0.15) is 0 Å². The second kappa shape index (κ2) is 3.47. The van der Waals surface area contributed by atoms with Crippen LogP contribution in [0.2, 0.25) is 0 Å². The van der Waals surface area contributed by atoms with Crippen LogP contribution < -0.4 is 5.73 Å².